The first-order valence-electron chi connectivity index (χ1n) is 6.72. The van der Waals surface area contributed by atoms with E-state index in [1.807, 2.05) is 12.1 Å². The molecule has 4 heteroatoms. The molecule has 0 bridgehead atoms. The first kappa shape index (κ1) is 13.7. The molecule has 0 amide bonds. The highest BCUT2D eigenvalue weighted by molar-refractivity contribution is 5.53. The molecule has 0 spiro atoms. The third kappa shape index (κ3) is 3.64. The maximum absolute atomic E-state index is 5.28. The third-order valence-corrected chi connectivity index (χ3v) is 2.96. The van der Waals surface area contributed by atoms with Gasteiger partial charge in [-0.25, -0.2) is 0 Å². The van der Waals surface area contributed by atoms with Gasteiger partial charge in [-0.15, -0.1) is 0 Å². The van der Waals surface area contributed by atoms with Gasteiger partial charge in [0.05, 0.1) is 6.54 Å². The molecule has 102 valence electrons. The Morgan fingerprint density at radius 3 is 2.37 bits per heavy atom. The van der Waals surface area contributed by atoms with Crippen molar-refractivity contribution in [1.29, 1.82) is 0 Å². The number of hydrogen-bond acceptors (Lipinski definition) is 4. The van der Waals surface area contributed by atoms with Crippen LogP contribution in [-0.2, 0) is 6.54 Å². The van der Waals surface area contributed by atoms with E-state index in [-0.39, 0.29) is 0 Å². The van der Waals surface area contributed by atoms with Crippen molar-refractivity contribution in [2.45, 2.75) is 46.2 Å². The van der Waals surface area contributed by atoms with E-state index in [1.54, 1.807) is 0 Å². The number of nitrogens with one attached hydrogen (secondary N) is 1. The summed E-state index contributed by atoms with van der Waals surface area (Å²) in [6.45, 7) is 9.16. The van der Waals surface area contributed by atoms with Crippen LogP contribution in [0.5, 0.6) is 0 Å². The van der Waals surface area contributed by atoms with Crippen LogP contribution < -0.4 is 5.32 Å². The van der Waals surface area contributed by atoms with Gasteiger partial charge < -0.3 is 9.84 Å². The highest BCUT2D eigenvalue weighted by Gasteiger charge is 2.09. The summed E-state index contributed by atoms with van der Waals surface area (Å²) in [5, 5.41) is 7.24. The first-order valence-corrected chi connectivity index (χ1v) is 6.72. The van der Waals surface area contributed by atoms with E-state index in [2.05, 4.69) is 55.3 Å². The lowest BCUT2D eigenvalue weighted by molar-refractivity contribution is 0.417. The Hall–Kier alpha value is -1.68. The average molecular weight is 259 g/mol. The Morgan fingerprint density at radius 2 is 1.79 bits per heavy atom. The van der Waals surface area contributed by atoms with Gasteiger partial charge in [-0.2, -0.15) is 4.98 Å². The molecular formula is C15H21N3O. The highest BCUT2D eigenvalue weighted by atomic mass is 16.5. The van der Waals surface area contributed by atoms with Gasteiger partial charge in [0.1, 0.15) is 0 Å². The van der Waals surface area contributed by atoms with E-state index in [0.717, 1.165) is 5.56 Å². The topological polar surface area (TPSA) is 51.0 Å². The van der Waals surface area contributed by atoms with Gasteiger partial charge in [0.15, 0.2) is 5.82 Å². The molecule has 0 aliphatic carbocycles. The number of rotatable bonds is 5. The van der Waals surface area contributed by atoms with Gasteiger partial charge in [0.25, 0.3) is 5.89 Å². The van der Waals surface area contributed by atoms with E-state index >= 15 is 0 Å². The van der Waals surface area contributed by atoms with E-state index < -0.39 is 0 Å². The minimum Gasteiger partial charge on any atom is -0.334 e. The summed E-state index contributed by atoms with van der Waals surface area (Å²) in [4.78, 5) is 4.39. The summed E-state index contributed by atoms with van der Waals surface area (Å²) in [6.07, 6.45) is 0. The SMILES string of the molecule is CC(C)NCc1noc(-c2ccc(C(C)C)cc2)n1. The molecule has 1 aromatic carbocycles. The summed E-state index contributed by atoms with van der Waals surface area (Å²) in [7, 11) is 0. The minimum absolute atomic E-state index is 0.410. The lowest BCUT2D eigenvalue weighted by Gasteiger charge is -2.04. The number of hydrogen-bond donors (Lipinski definition) is 1. The van der Waals surface area contributed by atoms with Crippen LogP contribution in [0.4, 0.5) is 0 Å². The normalized spacial score (nSPS) is 11.5. The largest absolute Gasteiger partial charge is 0.334 e. The minimum atomic E-state index is 0.410. The predicted molar refractivity (Wildman–Crippen MR) is 75.8 cm³/mol. The Balaban J connectivity index is 2.09. The second kappa shape index (κ2) is 5.97. The fourth-order valence-electron chi connectivity index (χ4n) is 1.75. The van der Waals surface area contributed by atoms with Crippen molar-refractivity contribution in [2.75, 3.05) is 0 Å². The average Bonchev–Trinajstić information content (AvgIpc) is 2.85. The Bertz CT molecular complexity index is 514. The molecule has 4 nitrogen and oxygen atoms in total. The van der Waals surface area contributed by atoms with E-state index in [4.69, 9.17) is 4.52 Å². The smallest absolute Gasteiger partial charge is 0.257 e. The molecule has 0 saturated carbocycles. The third-order valence-electron chi connectivity index (χ3n) is 2.96. The summed E-state index contributed by atoms with van der Waals surface area (Å²) in [5.41, 5.74) is 2.28. The quantitative estimate of drug-likeness (QED) is 0.894. The van der Waals surface area contributed by atoms with Crippen LogP contribution in [0.15, 0.2) is 28.8 Å². The fraction of sp³-hybridized carbons (Fsp3) is 0.467. The Morgan fingerprint density at radius 1 is 1.11 bits per heavy atom. The van der Waals surface area contributed by atoms with Crippen molar-refractivity contribution in [3.63, 3.8) is 0 Å². The maximum atomic E-state index is 5.28. The fourth-order valence-corrected chi connectivity index (χ4v) is 1.75. The summed E-state index contributed by atoms with van der Waals surface area (Å²) >= 11 is 0. The van der Waals surface area contributed by atoms with Crippen LogP contribution in [-0.4, -0.2) is 16.2 Å². The van der Waals surface area contributed by atoms with Crippen molar-refractivity contribution >= 4 is 0 Å². The standard InChI is InChI=1S/C15H21N3O/c1-10(2)12-5-7-13(8-6-12)15-17-14(18-19-15)9-16-11(3)4/h5-8,10-11,16H,9H2,1-4H3. The van der Waals surface area contributed by atoms with Crippen molar-refractivity contribution < 1.29 is 4.52 Å². The second-order valence-electron chi connectivity index (χ2n) is 5.33. The van der Waals surface area contributed by atoms with Gasteiger partial charge in [-0.05, 0) is 23.6 Å². The molecule has 2 aromatic rings. The van der Waals surface area contributed by atoms with Crippen molar-refractivity contribution in [2.24, 2.45) is 0 Å². The van der Waals surface area contributed by atoms with Gasteiger partial charge in [-0.3, -0.25) is 0 Å². The van der Waals surface area contributed by atoms with Crippen LogP contribution in [0.2, 0.25) is 0 Å². The molecule has 0 radical (unpaired) electrons. The van der Waals surface area contributed by atoms with Gasteiger partial charge in [-0.1, -0.05) is 45.0 Å². The van der Waals surface area contributed by atoms with Crippen molar-refractivity contribution in [3.05, 3.63) is 35.7 Å². The molecule has 1 aromatic heterocycles. The van der Waals surface area contributed by atoms with Crippen LogP contribution in [0.1, 0.15) is 45.0 Å². The molecule has 0 saturated heterocycles. The monoisotopic (exact) mass is 259 g/mol. The van der Waals surface area contributed by atoms with Gasteiger partial charge >= 0.3 is 0 Å². The Kier molecular flexibility index (Phi) is 4.32. The van der Waals surface area contributed by atoms with Crippen molar-refractivity contribution in [3.8, 4) is 11.5 Å². The number of aromatic nitrogens is 2. The highest BCUT2D eigenvalue weighted by Crippen LogP contribution is 2.21. The molecule has 0 atom stereocenters. The van der Waals surface area contributed by atoms with E-state index in [1.165, 1.54) is 5.56 Å². The molecule has 0 aliphatic heterocycles. The lowest BCUT2D eigenvalue weighted by Crippen LogP contribution is -2.22. The zero-order chi connectivity index (χ0) is 13.8. The molecule has 1 N–H and O–H groups in total. The zero-order valence-corrected chi connectivity index (χ0v) is 12.0. The van der Waals surface area contributed by atoms with Gasteiger partial charge in [0.2, 0.25) is 0 Å². The summed E-state index contributed by atoms with van der Waals surface area (Å²) in [5.74, 6) is 1.80. The zero-order valence-electron chi connectivity index (χ0n) is 12.0. The van der Waals surface area contributed by atoms with Crippen LogP contribution in [0.25, 0.3) is 11.5 Å². The number of benzene rings is 1. The van der Waals surface area contributed by atoms with E-state index in [0.29, 0.717) is 30.2 Å². The van der Waals surface area contributed by atoms with Crippen LogP contribution >= 0.6 is 0 Å². The van der Waals surface area contributed by atoms with Crippen LogP contribution in [0.3, 0.4) is 0 Å². The molecule has 0 aliphatic rings. The first-order chi connectivity index (χ1) is 9.06. The molecule has 19 heavy (non-hydrogen) atoms. The Labute approximate surface area is 114 Å². The summed E-state index contributed by atoms with van der Waals surface area (Å²) in [6, 6.07) is 8.68. The van der Waals surface area contributed by atoms with Crippen LogP contribution in [0, 0.1) is 0 Å². The lowest BCUT2D eigenvalue weighted by atomic mass is 10.0. The molecule has 2 rings (SSSR count). The number of nitrogens with zero attached hydrogens (tertiary/aromatic N) is 2. The maximum Gasteiger partial charge on any atom is 0.257 e. The molecular weight excluding hydrogens is 238 g/mol. The molecule has 0 fully saturated rings. The summed E-state index contributed by atoms with van der Waals surface area (Å²) < 4.78 is 5.28. The molecule has 1 heterocycles. The molecule has 0 unspecified atom stereocenters. The van der Waals surface area contributed by atoms with E-state index in [9.17, 15) is 0 Å². The predicted octanol–water partition coefficient (Wildman–Crippen LogP) is 3.36. The second-order valence-corrected chi connectivity index (χ2v) is 5.33. The van der Waals surface area contributed by atoms with Crippen molar-refractivity contribution in [1.82, 2.24) is 15.5 Å². The van der Waals surface area contributed by atoms with Gasteiger partial charge in [0, 0.05) is 11.6 Å².